The minimum atomic E-state index is -3.87. The molecule has 2 aromatic carbocycles. The zero-order chi connectivity index (χ0) is 26.5. The van der Waals surface area contributed by atoms with Gasteiger partial charge in [-0.15, -0.1) is 5.11 Å². The van der Waals surface area contributed by atoms with E-state index < -0.39 is 38.4 Å². The van der Waals surface area contributed by atoms with Gasteiger partial charge >= 0.3 is 5.97 Å². The van der Waals surface area contributed by atoms with Gasteiger partial charge < -0.3 is 9.47 Å². The minimum Gasteiger partial charge on any atom is -0.494 e. The summed E-state index contributed by atoms with van der Waals surface area (Å²) in [6.45, 7) is 2.80. The van der Waals surface area contributed by atoms with Crippen molar-refractivity contribution >= 4 is 44.5 Å². The second-order valence-electron chi connectivity index (χ2n) is 7.48. The molecule has 0 aliphatic carbocycles. The number of amides is 1. The average Bonchev–Trinajstić information content (AvgIpc) is 3.14. The zero-order valence-electron chi connectivity index (χ0n) is 19.7. The summed E-state index contributed by atoms with van der Waals surface area (Å²) < 4.78 is 35.7. The predicted molar refractivity (Wildman–Crippen MR) is 128 cm³/mol. The Hall–Kier alpha value is -4.20. The summed E-state index contributed by atoms with van der Waals surface area (Å²) in [4.78, 5) is 34.9. The average molecular weight is 518 g/mol. The molecule has 1 aliphatic heterocycles. The Bertz CT molecular complexity index is 1360. The number of nitrogens with zero attached hydrogens (tertiary/aromatic N) is 5. The van der Waals surface area contributed by atoms with Gasteiger partial charge in [0.1, 0.15) is 18.0 Å². The van der Waals surface area contributed by atoms with Crippen molar-refractivity contribution in [1.29, 1.82) is 0 Å². The third kappa shape index (κ3) is 5.71. The molecule has 13 nitrogen and oxygen atoms in total. The Morgan fingerprint density at radius 3 is 2.64 bits per heavy atom. The number of anilines is 1. The summed E-state index contributed by atoms with van der Waals surface area (Å²) in [5.41, 5.74) is -0.0145. The highest BCUT2D eigenvalue weighted by Gasteiger charge is 2.37. The number of nitro groups is 1. The van der Waals surface area contributed by atoms with Crippen LogP contribution >= 0.6 is 0 Å². The first-order valence-corrected chi connectivity index (χ1v) is 12.3. The van der Waals surface area contributed by atoms with E-state index in [1.165, 1.54) is 50.4 Å². The van der Waals surface area contributed by atoms with E-state index in [1.807, 2.05) is 0 Å². The number of rotatable bonds is 10. The van der Waals surface area contributed by atoms with E-state index in [9.17, 15) is 28.1 Å². The SMILES string of the molecule is CCC(=O)OCCS(=O)(=O)c1ccc(OC)c(N2N=C(C)C(N=Nc3ccccc3[N+](=O)[O-])C2=O)c1. The van der Waals surface area contributed by atoms with Crippen LogP contribution in [0.5, 0.6) is 5.75 Å². The van der Waals surface area contributed by atoms with Crippen molar-refractivity contribution in [3.05, 3.63) is 52.6 Å². The number of hydrogen-bond donors (Lipinski definition) is 0. The maximum absolute atomic E-state index is 13.1. The highest BCUT2D eigenvalue weighted by atomic mass is 32.2. The van der Waals surface area contributed by atoms with Crippen LogP contribution in [0.1, 0.15) is 20.3 Å². The van der Waals surface area contributed by atoms with Gasteiger partial charge in [-0.25, -0.2) is 8.42 Å². The number of carbonyl (C=O) groups is 2. The Kier molecular flexibility index (Phi) is 8.09. The third-order valence-corrected chi connectivity index (χ3v) is 6.77. The second-order valence-corrected chi connectivity index (χ2v) is 9.59. The molecule has 1 atom stereocenters. The second kappa shape index (κ2) is 11.0. The smallest absolute Gasteiger partial charge is 0.305 e. The van der Waals surface area contributed by atoms with Crippen molar-refractivity contribution in [2.24, 2.45) is 15.3 Å². The van der Waals surface area contributed by atoms with Crippen molar-refractivity contribution in [2.75, 3.05) is 24.5 Å². The summed E-state index contributed by atoms with van der Waals surface area (Å²) in [5, 5.41) is 24.2. The quantitative estimate of drug-likeness (QED) is 0.200. The number of sulfone groups is 1. The molecule has 1 heterocycles. The Labute approximate surface area is 206 Å². The zero-order valence-corrected chi connectivity index (χ0v) is 20.5. The predicted octanol–water partition coefficient (Wildman–Crippen LogP) is 3.21. The molecule has 190 valence electrons. The van der Waals surface area contributed by atoms with Gasteiger partial charge in [-0.05, 0) is 31.2 Å². The van der Waals surface area contributed by atoms with Crippen LogP contribution in [-0.4, -0.2) is 56.4 Å². The summed E-state index contributed by atoms with van der Waals surface area (Å²) in [6.07, 6.45) is 0.122. The number of hydrazone groups is 1. The van der Waals surface area contributed by atoms with Crippen LogP contribution in [0.4, 0.5) is 17.1 Å². The van der Waals surface area contributed by atoms with Gasteiger partial charge in [0.15, 0.2) is 21.6 Å². The van der Waals surface area contributed by atoms with E-state index in [2.05, 4.69) is 15.3 Å². The van der Waals surface area contributed by atoms with Crippen LogP contribution in [0.3, 0.4) is 0 Å². The number of ether oxygens (including phenoxy) is 2. The van der Waals surface area contributed by atoms with E-state index >= 15 is 0 Å². The molecule has 3 rings (SSSR count). The number of nitro benzene ring substituents is 1. The molecule has 0 spiro atoms. The molecule has 1 amide bonds. The molecule has 0 radical (unpaired) electrons. The number of esters is 1. The molecule has 14 heteroatoms. The lowest BCUT2D eigenvalue weighted by Crippen LogP contribution is -2.30. The first-order valence-electron chi connectivity index (χ1n) is 10.7. The summed E-state index contributed by atoms with van der Waals surface area (Å²) >= 11 is 0. The lowest BCUT2D eigenvalue weighted by molar-refractivity contribution is -0.384. The van der Waals surface area contributed by atoms with Gasteiger partial charge in [-0.2, -0.15) is 15.2 Å². The van der Waals surface area contributed by atoms with E-state index in [0.717, 1.165) is 5.01 Å². The fraction of sp³-hybridized carbons (Fsp3) is 0.318. The third-order valence-electron chi connectivity index (χ3n) is 5.10. The van der Waals surface area contributed by atoms with Crippen LogP contribution in [0.2, 0.25) is 0 Å². The van der Waals surface area contributed by atoms with Gasteiger partial charge in [0.25, 0.3) is 11.6 Å². The van der Waals surface area contributed by atoms with E-state index in [0.29, 0.717) is 0 Å². The number of hydrogen-bond acceptors (Lipinski definition) is 11. The molecular formula is C22H23N5O8S. The fourth-order valence-corrected chi connectivity index (χ4v) is 4.30. The van der Waals surface area contributed by atoms with E-state index in [-0.39, 0.29) is 46.4 Å². The standard InChI is InChI=1S/C22H23N5O8S/c1-4-20(28)35-11-12-36(32,33)15-9-10-19(34-3)18(13-15)26-22(29)21(14(2)25-26)24-23-16-7-5-6-8-17(16)27(30)31/h5-10,13,21H,4,11-12H2,1-3H3. The van der Waals surface area contributed by atoms with Gasteiger partial charge in [-0.1, -0.05) is 19.1 Å². The fourth-order valence-electron chi connectivity index (χ4n) is 3.20. The van der Waals surface area contributed by atoms with E-state index in [1.54, 1.807) is 13.0 Å². The van der Waals surface area contributed by atoms with Crippen molar-refractivity contribution < 1.29 is 32.4 Å². The molecule has 0 saturated heterocycles. The molecule has 0 aromatic heterocycles. The monoisotopic (exact) mass is 517 g/mol. The van der Waals surface area contributed by atoms with Crippen molar-refractivity contribution in [1.82, 2.24) is 0 Å². The summed E-state index contributed by atoms with van der Waals surface area (Å²) in [5.74, 6) is -1.45. The largest absolute Gasteiger partial charge is 0.494 e. The normalized spacial score (nSPS) is 15.8. The molecule has 0 saturated carbocycles. The number of benzene rings is 2. The Balaban J connectivity index is 1.88. The van der Waals surface area contributed by atoms with Crippen LogP contribution in [-0.2, 0) is 24.2 Å². The highest BCUT2D eigenvalue weighted by molar-refractivity contribution is 7.91. The molecule has 0 bridgehead atoms. The molecule has 0 N–H and O–H groups in total. The maximum atomic E-state index is 13.1. The van der Waals surface area contributed by atoms with Crippen LogP contribution < -0.4 is 9.75 Å². The molecule has 1 unspecified atom stereocenters. The molecule has 2 aromatic rings. The topological polar surface area (TPSA) is 170 Å². The Morgan fingerprint density at radius 2 is 1.97 bits per heavy atom. The van der Waals surface area contributed by atoms with Gasteiger partial charge in [-0.3, -0.25) is 19.7 Å². The first kappa shape index (κ1) is 26.4. The number of azo groups is 1. The van der Waals surface area contributed by atoms with E-state index in [4.69, 9.17) is 9.47 Å². The van der Waals surface area contributed by atoms with Crippen LogP contribution in [0, 0.1) is 10.1 Å². The summed E-state index contributed by atoms with van der Waals surface area (Å²) in [6, 6.07) is 8.41. The first-order chi connectivity index (χ1) is 17.1. The number of methoxy groups -OCH3 is 1. The van der Waals surface area contributed by atoms with Gasteiger partial charge in [0.2, 0.25) is 0 Å². The van der Waals surface area contributed by atoms with Crippen molar-refractivity contribution in [3.8, 4) is 5.75 Å². The molecule has 0 fully saturated rings. The highest BCUT2D eigenvalue weighted by Crippen LogP contribution is 2.35. The van der Waals surface area contributed by atoms with Crippen molar-refractivity contribution in [2.45, 2.75) is 31.2 Å². The van der Waals surface area contributed by atoms with Crippen LogP contribution in [0.25, 0.3) is 0 Å². The van der Waals surface area contributed by atoms with Gasteiger partial charge in [0, 0.05) is 12.5 Å². The molecular weight excluding hydrogens is 494 g/mol. The van der Waals surface area contributed by atoms with Crippen molar-refractivity contribution in [3.63, 3.8) is 0 Å². The lowest BCUT2D eigenvalue weighted by atomic mass is 10.2. The summed E-state index contributed by atoms with van der Waals surface area (Å²) in [7, 11) is -2.52. The minimum absolute atomic E-state index is 0.0315. The van der Waals surface area contributed by atoms with Crippen LogP contribution in [0.15, 0.2) is 62.7 Å². The molecule has 36 heavy (non-hydrogen) atoms. The molecule has 1 aliphatic rings. The number of carbonyl (C=O) groups excluding carboxylic acids is 2. The Morgan fingerprint density at radius 1 is 1.25 bits per heavy atom. The number of para-hydroxylation sites is 1. The lowest BCUT2D eigenvalue weighted by Gasteiger charge is -2.17. The maximum Gasteiger partial charge on any atom is 0.305 e. The van der Waals surface area contributed by atoms with Gasteiger partial charge in [0.05, 0.1) is 28.4 Å².